The average Bonchev–Trinajstić information content (AvgIpc) is 3.22. The summed E-state index contributed by atoms with van der Waals surface area (Å²) in [6.45, 7) is 2.95. The maximum Gasteiger partial charge on any atom is 0.222 e. The summed E-state index contributed by atoms with van der Waals surface area (Å²) in [7, 11) is 2.00. The zero-order valence-electron chi connectivity index (χ0n) is 13.6. The van der Waals surface area contributed by atoms with Crippen molar-refractivity contribution in [2.75, 3.05) is 30.8 Å². The third kappa shape index (κ3) is 3.29. The summed E-state index contributed by atoms with van der Waals surface area (Å²) in [4.78, 5) is 11.1. The number of nitrogens with one attached hydrogen (secondary N) is 1. The van der Waals surface area contributed by atoms with Crippen LogP contribution in [0.4, 0.5) is 11.8 Å². The van der Waals surface area contributed by atoms with E-state index in [-0.39, 0.29) is 24.8 Å². The molecule has 132 valence electrons. The van der Waals surface area contributed by atoms with Gasteiger partial charge in [0.1, 0.15) is 5.82 Å². The van der Waals surface area contributed by atoms with Crippen molar-refractivity contribution in [1.29, 1.82) is 0 Å². The molecule has 2 aliphatic heterocycles. The highest BCUT2D eigenvalue weighted by atomic mass is 35.5. The van der Waals surface area contributed by atoms with Crippen LogP contribution in [-0.4, -0.2) is 45.9 Å². The number of fused-ring (bicyclic) bond motifs is 1. The van der Waals surface area contributed by atoms with E-state index in [1.165, 1.54) is 5.69 Å². The van der Waals surface area contributed by atoms with Gasteiger partial charge in [0.2, 0.25) is 5.95 Å². The Morgan fingerprint density at radius 2 is 2.08 bits per heavy atom. The molecule has 0 spiro atoms. The smallest absolute Gasteiger partial charge is 0.222 e. The van der Waals surface area contributed by atoms with Crippen molar-refractivity contribution in [2.24, 2.45) is 0 Å². The molecule has 0 aliphatic carbocycles. The van der Waals surface area contributed by atoms with Crippen molar-refractivity contribution in [3.63, 3.8) is 0 Å². The third-order valence-corrected chi connectivity index (χ3v) is 4.66. The lowest BCUT2D eigenvalue weighted by molar-refractivity contribution is 0.616. The standard InChI is InChI=1S/C15H21N7.2ClH/c1-17-10-4-6-21(9-10)14-7-12(19-15(16)20-14)11-8-18-22-5-2-3-13(11)22;;/h7-8,10,17H,2-6,9H2,1H3,(H2,16,19,20);2*1H/t10-;;/m1../s1. The van der Waals surface area contributed by atoms with Crippen LogP contribution in [0.1, 0.15) is 18.5 Å². The fourth-order valence-electron chi connectivity index (χ4n) is 3.43. The van der Waals surface area contributed by atoms with E-state index in [2.05, 4.69) is 30.0 Å². The SMILES string of the molecule is CN[C@@H]1CCN(c2cc(-c3cnn4c3CCC4)nc(N)n2)C1.Cl.Cl. The number of nitrogens with zero attached hydrogens (tertiary/aromatic N) is 5. The first-order chi connectivity index (χ1) is 10.7. The van der Waals surface area contributed by atoms with Crippen molar-refractivity contribution < 1.29 is 0 Å². The number of hydrogen-bond donors (Lipinski definition) is 2. The Labute approximate surface area is 153 Å². The fraction of sp³-hybridized carbons (Fsp3) is 0.533. The summed E-state index contributed by atoms with van der Waals surface area (Å²) >= 11 is 0. The molecule has 0 aromatic carbocycles. The lowest BCUT2D eigenvalue weighted by atomic mass is 10.1. The van der Waals surface area contributed by atoms with Gasteiger partial charge in [0.15, 0.2) is 0 Å². The van der Waals surface area contributed by atoms with E-state index in [0.717, 1.165) is 56.0 Å². The number of likely N-dealkylation sites (N-methyl/N-ethyl adjacent to an activating group) is 1. The quantitative estimate of drug-likeness (QED) is 0.850. The van der Waals surface area contributed by atoms with Crippen molar-refractivity contribution >= 4 is 36.6 Å². The minimum absolute atomic E-state index is 0. The van der Waals surface area contributed by atoms with Crippen LogP contribution < -0.4 is 16.0 Å². The number of aryl methyl sites for hydroxylation is 1. The second kappa shape index (κ2) is 7.55. The van der Waals surface area contributed by atoms with E-state index in [4.69, 9.17) is 5.73 Å². The first-order valence-electron chi connectivity index (χ1n) is 7.86. The van der Waals surface area contributed by atoms with Crippen LogP contribution in [-0.2, 0) is 13.0 Å². The normalized spacial score (nSPS) is 18.9. The van der Waals surface area contributed by atoms with Gasteiger partial charge in [-0.25, -0.2) is 4.98 Å². The lowest BCUT2D eigenvalue weighted by Gasteiger charge is -2.18. The van der Waals surface area contributed by atoms with Crippen LogP contribution in [0.3, 0.4) is 0 Å². The molecule has 0 unspecified atom stereocenters. The summed E-state index contributed by atoms with van der Waals surface area (Å²) in [5.74, 6) is 1.25. The van der Waals surface area contributed by atoms with Crippen molar-refractivity contribution in [3.05, 3.63) is 18.0 Å². The van der Waals surface area contributed by atoms with Crippen LogP contribution in [0, 0.1) is 0 Å². The minimum Gasteiger partial charge on any atom is -0.368 e. The first kappa shape index (κ1) is 18.8. The number of nitrogens with two attached hydrogens (primary N) is 1. The van der Waals surface area contributed by atoms with Gasteiger partial charge in [-0.05, 0) is 26.3 Å². The van der Waals surface area contributed by atoms with Crippen molar-refractivity contribution in [2.45, 2.75) is 31.8 Å². The molecule has 0 radical (unpaired) electrons. The molecule has 1 fully saturated rings. The maximum atomic E-state index is 5.95. The summed E-state index contributed by atoms with van der Waals surface area (Å²) in [6, 6.07) is 2.56. The molecule has 2 aliphatic rings. The first-order valence-corrected chi connectivity index (χ1v) is 7.86. The molecule has 24 heavy (non-hydrogen) atoms. The Kier molecular flexibility index (Phi) is 5.90. The Bertz CT molecular complexity index is 703. The molecule has 7 nitrogen and oxygen atoms in total. The molecular weight excluding hydrogens is 349 g/mol. The van der Waals surface area contributed by atoms with E-state index >= 15 is 0 Å². The highest BCUT2D eigenvalue weighted by molar-refractivity contribution is 5.85. The highest BCUT2D eigenvalue weighted by Crippen LogP contribution is 2.30. The summed E-state index contributed by atoms with van der Waals surface area (Å²) in [5, 5.41) is 7.77. The van der Waals surface area contributed by atoms with E-state index in [1.54, 1.807) is 0 Å². The summed E-state index contributed by atoms with van der Waals surface area (Å²) in [6.07, 6.45) is 5.24. The number of rotatable bonds is 3. The lowest BCUT2D eigenvalue weighted by Crippen LogP contribution is -2.30. The van der Waals surface area contributed by atoms with Gasteiger partial charge in [0.25, 0.3) is 0 Å². The summed E-state index contributed by atoms with van der Waals surface area (Å²) in [5.41, 5.74) is 9.20. The van der Waals surface area contributed by atoms with Gasteiger partial charge in [0, 0.05) is 43.0 Å². The number of nitrogen functional groups attached to an aromatic ring is 1. The third-order valence-electron chi connectivity index (χ3n) is 4.66. The van der Waals surface area contributed by atoms with E-state index in [9.17, 15) is 0 Å². The monoisotopic (exact) mass is 371 g/mol. The van der Waals surface area contributed by atoms with Gasteiger partial charge in [-0.1, -0.05) is 0 Å². The van der Waals surface area contributed by atoms with Crippen LogP contribution in [0.25, 0.3) is 11.3 Å². The number of halogens is 2. The molecule has 1 saturated heterocycles. The Hall–Kier alpha value is -1.57. The fourth-order valence-corrected chi connectivity index (χ4v) is 3.43. The van der Waals surface area contributed by atoms with Gasteiger partial charge in [-0.2, -0.15) is 10.1 Å². The van der Waals surface area contributed by atoms with Crippen molar-refractivity contribution in [3.8, 4) is 11.3 Å². The topological polar surface area (TPSA) is 84.9 Å². The molecule has 4 rings (SSSR count). The van der Waals surface area contributed by atoms with E-state index in [0.29, 0.717) is 12.0 Å². The molecule has 4 heterocycles. The molecule has 2 aromatic heterocycles. The van der Waals surface area contributed by atoms with Gasteiger partial charge in [-0.15, -0.1) is 24.8 Å². The zero-order valence-corrected chi connectivity index (χ0v) is 15.2. The Morgan fingerprint density at radius 1 is 1.25 bits per heavy atom. The maximum absolute atomic E-state index is 5.95. The van der Waals surface area contributed by atoms with Gasteiger partial charge >= 0.3 is 0 Å². The molecule has 2 aromatic rings. The summed E-state index contributed by atoms with van der Waals surface area (Å²) < 4.78 is 2.07. The Morgan fingerprint density at radius 3 is 2.83 bits per heavy atom. The predicted octanol–water partition coefficient (Wildman–Crippen LogP) is 1.51. The van der Waals surface area contributed by atoms with E-state index in [1.807, 2.05) is 19.3 Å². The van der Waals surface area contributed by atoms with Gasteiger partial charge in [0.05, 0.1) is 11.9 Å². The Balaban J connectivity index is 0.00000104. The molecule has 0 amide bonds. The number of hydrogen-bond acceptors (Lipinski definition) is 6. The molecule has 3 N–H and O–H groups in total. The highest BCUT2D eigenvalue weighted by Gasteiger charge is 2.24. The van der Waals surface area contributed by atoms with Gasteiger partial charge < -0.3 is 16.0 Å². The predicted molar refractivity (Wildman–Crippen MR) is 100 cm³/mol. The number of aromatic nitrogens is 4. The molecule has 9 heteroatoms. The van der Waals surface area contributed by atoms with Crippen molar-refractivity contribution in [1.82, 2.24) is 25.1 Å². The second-order valence-corrected chi connectivity index (χ2v) is 6.02. The zero-order chi connectivity index (χ0) is 15.1. The van der Waals surface area contributed by atoms with Crippen LogP contribution in [0.2, 0.25) is 0 Å². The molecule has 0 saturated carbocycles. The average molecular weight is 372 g/mol. The van der Waals surface area contributed by atoms with Crippen LogP contribution >= 0.6 is 24.8 Å². The van der Waals surface area contributed by atoms with E-state index < -0.39 is 0 Å². The van der Waals surface area contributed by atoms with Crippen LogP contribution in [0.15, 0.2) is 12.3 Å². The largest absolute Gasteiger partial charge is 0.368 e. The van der Waals surface area contributed by atoms with Gasteiger partial charge in [-0.3, -0.25) is 4.68 Å². The van der Waals surface area contributed by atoms with Crippen LogP contribution in [0.5, 0.6) is 0 Å². The minimum atomic E-state index is 0. The second-order valence-electron chi connectivity index (χ2n) is 6.02. The number of anilines is 2. The molecule has 1 atom stereocenters. The molecule has 0 bridgehead atoms. The molecular formula is C15H23Cl2N7.